The summed E-state index contributed by atoms with van der Waals surface area (Å²) in [4.78, 5) is 23.9. The first-order valence-electron chi connectivity index (χ1n) is 7.15. The number of nitriles is 1. The van der Waals surface area contributed by atoms with Crippen molar-refractivity contribution in [3.05, 3.63) is 59.2 Å². The van der Waals surface area contributed by atoms with E-state index in [0.717, 1.165) is 16.8 Å². The Kier molecular flexibility index (Phi) is 5.11. The number of rotatable bonds is 4. The average Bonchev–Trinajstić information content (AvgIpc) is 2.51. The predicted octanol–water partition coefficient (Wildman–Crippen LogP) is 3.14. The van der Waals surface area contributed by atoms with Crippen LogP contribution in [0.25, 0.3) is 0 Å². The van der Waals surface area contributed by atoms with Gasteiger partial charge in [0.15, 0.2) is 0 Å². The van der Waals surface area contributed by atoms with Crippen molar-refractivity contribution in [2.75, 3.05) is 10.6 Å². The van der Waals surface area contributed by atoms with Gasteiger partial charge in [0.05, 0.1) is 11.6 Å². The molecule has 0 aliphatic carbocycles. The number of nitrogens with one attached hydrogen (secondary N) is 2. The Bertz CT molecular complexity index is 754. The van der Waals surface area contributed by atoms with Gasteiger partial charge in [-0.15, -0.1) is 0 Å². The zero-order valence-electron chi connectivity index (χ0n) is 13.0. The molecular formula is C18H17N3O2. The maximum atomic E-state index is 12.0. The first-order valence-corrected chi connectivity index (χ1v) is 7.15. The molecule has 2 aromatic carbocycles. The largest absolute Gasteiger partial charge is 0.326 e. The number of amides is 2. The van der Waals surface area contributed by atoms with Crippen LogP contribution in [0.15, 0.2) is 42.5 Å². The van der Waals surface area contributed by atoms with E-state index in [4.69, 9.17) is 5.26 Å². The molecule has 0 aromatic heterocycles. The number of hydrogen-bond acceptors (Lipinski definition) is 3. The van der Waals surface area contributed by atoms with Crippen molar-refractivity contribution in [3.8, 4) is 6.07 Å². The van der Waals surface area contributed by atoms with Crippen LogP contribution < -0.4 is 10.6 Å². The molecule has 2 amide bonds. The van der Waals surface area contributed by atoms with Crippen LogP contribution in [-0.4, -0.2) is 11.8 Å². The third kappa shape index (κ3) is 4.42. The summed E-state index contributed by atoms with van der Waals surface area (Å²) in [6.07, 6.45) is -0.270. The molecule has 0 radical (unpaired) electrons. The molecule has 0 unspecified atom stereocenters. The van der Waals surface area contributed by atoms with Crippen LogP contribution in [0.1, 0.15) is 23.1 Å². The van der Waals surface area contributed by atoms with Crippen LogP contribution in [0.5, 0.6) is 0 Å². The number of aryl methyl sites for hydroxylation is 2. The van der Waals surface area contributed by atoms with Crippen LogP contribution in [-0.2, 0) is 9.59 Å². The standard InChI is InChI=1S/C18H17N3O2/c1-12-4-3-5-13(2)18(12)21-17(23)10-16(22)20-15-8-6-14(11-19)7-9-15/h3-9H,10H2,1-2H3,(H,20,22)(H,21,23). The Hall–Kier alpha value is -3.13. The van der Waals surface area contributed by atoms with Gasteiger partial charge in [0, 0.05) is 11.4 Å². The molecule has 2 aromatic rings. The molecule has 0 bridgehead atoms. The summed E-state index contributed by atoms with van der Waals surface area (Å²) in [5, 5.41) is 14.1. The molecule has 23 heavy (non-hydrogen) atoms. The minimum atomic E-state index is -0.404. The molecule has 0 saturated carbocycles. The maximum Gasteiger partial charge on any atom is 0.233 e. The quantitative estimate of drug-likeness (QED) is 0.851. The molecule has 0 atom stereocenters. The summed E-state index contributed by atoms with van der Waals surface area (Å²) in [5.41, 5.74) is 3.70. The van der Waals surface area contributed by atoms with E-state index in [1.54, 1.807) is 24.3 Å². The van der Waals surface area contributed by atoms with Gasteiger partial charge in [0.1, 0.15) is 6.42 Å². The highest BCUT2D eigenvalue weighted by atomic mass is 16.2. The summed E-state index contributed by atoms with van der Waals surface area (Å²) in [7, 11) is 0. The topological polar surface area (TPSA) is 82.0 Å². The van der Waals surface area contributed by atoms with Crippen LogP contribution >= 0.6 is 0 Å². The number of anilines is 2. The molecule has 0 spiro atoms. The molecule has 2 N–H and O–H groups in total. The van der Waals surface area contributed by atoms with E-state index in [1.165, 1.54) is 0 Å². The minimum absolute atomic E-state index is 0.270. The molecule has 0 heterocycles. The Labute approximate surface area is 134 Å². The molecule has 0 aliphatic heterocycles. The zero-order chi connectivity index (χ0) is 16.8. The average molecular weight is 307 g/mol. The van der Waals surface area contributed by atoms with Gasteiger partial charge in [0.25, 0.3) is 0 Å². The number of nitrogens with zero attached hydrogens (tertiary/aromatic N) is 1. The SMILES string of the molecule is Cc1cccc(C)c1NC(=O)CC(=O)Nc1ccc(C#N)cc1. The number of carbonyl (C=O) groups is 2. The highest BCUT2D eigenvalue weighted by Gasteiger charge is 2.12. The second-order valence-corrected chi connectivity index (χ2v) is 5.23. The van der Waals surface area contributed by atoms with Crippen molar-refractivity contribution >= 4 is 23.2 Å². The maximum absolute atomic E-state index is 12.0. The fraction of sp³-hybridized carbons (Fsp3) is 0.167. The minimum Gasteiger partial charge on any atom is -0.326 e. The Morgan fingerprint density at radius 2 is 1.52 bits per heavy atom. The molecule has 2 rings (SSSR count). The lowest BCUT2D eigenvalue weighted by Gasteiger charge is -2.11. The fourth-order valence-electron chi connectivity index (χ4n) is 2.17. The second-order valence-electron chi connectivity index (χ2n) is 5.23. The van der Waals surface area contributed by atoms with Gasteiger partial charge in [-0.2, -0.15) is 5.26 Å². The highest BCUT2D eigenvalue weighted by molar-refractivity contribution is 6.08. The second kappa shape index (κ2) is 7.23. The van der Waals surface area contributed by atoms with E-state index in [-0.39, 0.29) is 12.3 Å². The summed E-state index contributed by atoms with van der Waals surface area (Å²) >= 11 is 0. The van der Waals surface area contributed by atoms with Gasteiger partial charge in [0.2, 0.25) is 11.8 Å². The lowest BCUT2D eigenvalue weighted by atomic mass is 10.1. The third-order valence-corrected chi connectivity index (χ3v) is 3.36. The van der Waals surface area contributed by atoms with Crippen molar-refractivity contribution < 1.29 is 9.59 Å². The van der Waals surface area contributed by atoms with E-state index in [0.29, 0.717) is 11.3 Å². The van der Waals surface area contributed by atoms with Gasteiger partial charge >= 0.3 is 0 Å². The molecule has 0 saturated heterocycles. The number of hydrogen-bond donors (Lipinski definition) is 2. The normalized spacial score (nSPS) is 9.78. The fourth-order valence-corrected chi connectivity index (χ4v) is 2.17. The first-order chi connectivity index (χ1) is 11.0. The van der Waals surface area contributed by atoms with Crippen LogP contribution in [0.3, 0.4) is 0 Å². The van der Waals surface area contributed by atoms with Crippen molar-refractivity contribution in [2.45, 2.75) is 20.3 Å². The molecule has 5 nitrogen and oxygen atoms in total. The number of carbonyl (C=O) groups excluding carboxylic acids is 2. The Balaban J connectivity index is 1.94. The monoisotopic (exact) mass is 307 g/mol. The highest BCUT2D eigenvalue weighted by Crippen LogP contribution is 2.19. The van der Waals surface area contributed by atoms with Crippen LogP contribution in [0.4, 0.5) is 11.4 Å². The van der Waals surface area contributed by atoms with Gasteiger partial charge in [-0.05, 0) is 49.2 Å². The van der Waals surface area contributed by atoms with E-state index < -0.39 is 5.91 Å². The zero-order valence-corrected chi connectivity index (χ0v) is 13.0. The lowest BCUT2D eigenvalue weighted by Crippen LogP contribution is -2.22. The van der Waals surface area contributed by atoms with Crippen molar-refractivity contribution in [3.63, 3.8) is 0 Å². The Morgan fingerprint density at radius 1 is 0.957 bits per heavy atom. The van der Waals surface area contributed by atoms with Crippen molar-refractivity contribution in [1.29, 1.82) is 5.26 Å². The molecule has 5 heteroatoms. The Morgan fingerprint density at radius 3 is 2.09 bits per heavy atom. The molecule has 116 valence electrons. The lowest BCUT2D eigenvalue weighted by molar-refractivity contribution is -0.123. The van der Waals surface area contributed by atoms with Crippen molar-refractivity contribution in [2.24, 2.45) is 0 Å². The summed E-state index contributed by atoms with van der Waals surface area (Å²) in [5.74, 6) is -0.771. The van der Waals surface area contributed by atoms with E-state index in [9.17, 15) is 9.59 Å². The van der Waals surface area contributed by atoms with Gasteiger partial charge in [-0.3, -0.25) is 9.59 Å². The van der Waals surface area contributed by atoms with Crippen LogP contribution in [0, 0.1) is 25.2 Å². The summed E-state index contributed by atoms with van der Waals surface area (Å²) in [6.45, 7) is 3.80. The van der Waals surface area contributed by atoms with E-state index in [1.807, 2.05) is 38.1 Å². The summed E-state index contributed by atoms with van der Waals surface area (Å²) < 4.78 is 0. The van der Waals surface area contributed by atoms with Crippen LogP contribution in [0.2, 0.25) is 0 Å². The summed E-state index contributed by atoms with van der Waals surface area (Å²) in [6, 6.07) is 14.2. The van der Waals surface area contributed by atoms with E-state index in [2.05, 4.69) is 10.6 Å². The van der Waals surface area contributed by atoms with Gasteiger partial charge in [-0.1, -0.05) is 18.2 Å². The molecule has 0 fully saturated rings. The molecule has 0 aliphatic rings. The number of para-hydroxylation sites is 1. The number of benzene rings is 2. The third-order valence-electron chi connectivity index (χ3n) is 3.36. The smallest absolute Gasteiger partial charge is 0.233 e. The first kappa shape index (κ1) is 16.2. The van der Waals surface area contributed by atoms with Crippen molar-refractivity contribution in [1.82, 2.24) is 0 Å². The van der Waals surface area contributed by atoms with Gasteiger partial charge in [-0.25, -0.2) is 0 Å². The molecular weight excluding hydrogens is 290 g/mol. The van der Waals surface area contributed by atoms with E-state index >= 15 is 0 Å². The predicted molar refractivity (Wildman–Crippen MR) is 88.9 cm³/mol. The van der Waals surface area contributed by atoms with Gasteiger partial charge < -0.3 is 10.6 Å².